The summed E-state index contributed by atoms with van der Waals surface area (Å²) in [6, 6.07) is 10.2. The molecule has 1 aromatic heterocycles. The Morgan fingerprint density at radius 3 is 2.85 bits per heavy atom. The molecule has 1 aromatic carbocycles. The van der Waals surface area contributed by atoms with Crippen molar-refractivity contribution in [3.05, 3.63) is 47.9 Å². The average molecular weight is 271 g/mol. The van der Waals surface area contributed by atoms with Gasteiger partial charge < -0.3 is 13.9 Å². The second-order valence-corrected chi connectivity index (χ2v) is 4.03. The molecule has 20 heavy (non-hydrogen) atoms. The molecule has 2 aromatic rings. The fraction of sp³-hybridized carbons (Fsp3) is 0.200. The molecule has 1 heterocycles. The number of nitriles is 1. The van der Waals surface area contributed by atoms with E-state index in [2.05, 4.69) is 0 Å². The first-order valence-corrected chi connectivity index (χ1v) is 6.04. The number of furan rings is 1. The van der Waals surface area contributed by atoms with Gasteiger partial charge in [-0.3, -0.25) is 4.79 Å². The Morgan fingerprint density at radius 2 is 2.20 bits per heavy atom. The first-order valence-electron chi connectivity index (χ1n) is 6.04. The highest BCUT2D eigenvalue weighted by Crippen LogP contribution is 2.28. The van der Waals surface area contributed by atoms with Crippen LogP contribution in [0.1, 0.15) is 17.7 Å². The summed E-state index contributed by atoms with van der Waals surface area (Å²) in [5, 5.41) is 8.80. The summed E-state index contributed by atoms with van der Waals surface area (Å²) >= 11 is 0. The van der Waals surface area contributed by atoms with Crippen molar-refractivity contribution in [2.24, 2.45) is 0 Å². The van der Waals surface area contributed by atoms with Crippen molar-refractivity contribution in [3.63, 3.8) is 0 Å². The molecule has 0 radical (unpaired) electrons. The zero-order chi connectivity index (χ0) is 14.4. The van der Waals surface area contributed by atoms with Crippen LogP contribution >= 0.6 is 0 Å². The van der Waals surface area contributed by atoms with Gasteiger partial charge in [0.1, 0.15) is 5.76 Å². The highest BCUT2D eigenvalue weighted by atomic mass is 16.6. The maximum absolute atomic E-state index is 11.7. The molecule has 0 atom stereocenters. The van der Waals surface area contributed by atoms with Crippen LogP contribution in [0, 0.1) is 11.3 Å². The largest absolute Gasteiger partial charge is 0.493 e. The first-order chi connectivity index (χ1) is 9.72. The van der Waals surface area contributed by atoms with Crippen LogP contribution in [0.15, 0.2) is 41.0 Å². The molecule has 0 aliphatic rings. The predicted octanol–water partition coefficient (Wildman–Crippen LogP) is 2.70. The van der Waals surface area contributed by atoms with Gasteiger partial charge in [-0.1, -0.05) is 0 Å². The van der Waals surface area contributed by atoms with E-state index in [0.29, 0.717) is 23.5 Å². The van der Waals surface area contributed by atoms with Crippen molar-refractivity contribution < 1.29 is 18.7 Å². The van der Waals surface area contributed by atoms with E-state index in [4.69, 9.17) is 19.2 Å². The van der Waals surface area contributed by atoms with Crippen LogP contribution in [0.4, 0.5) is 0 Å². The number of carbonyl (C=O) groups excluding carboxylic acids is 1. The smallest absolute Gasteiger partial charge is 0.311 e. The van der Waals surface area contributed by atoms with E-state index < -0.39 is 0 Å². The molecule has 0 spiro atoms. The number of esters is 1. The highest BCUT2D eigenvalue weighted by Gasteiger charge is 2.11. The van der Waals surface area contributed by atoms with Crippen molar-refractivity contribution in [1.82, 2.24) is 0 Å². The van der Waals surface area contributed by atoms with Gasteiger partial charge in [-0.2, -0.15) is 5.26 Å². The van der Waals surface area contributed by atoms with E-state index in [-0.39, 0.29) is 12.4 Å². The number of methoxy groups -OCH3 is 1. The molecule has 5 heteroatoms. The maximum Gasteiger partial charge on any atom is 0.311 e. The van der Waals surface area contributed by atoms with Gasteiger partial charge in [0.05, 0.1) is 31.4 Å². The van der Waals surface area contributed by atoms with Gasteiger partial charge in [0.25, 0.3) is 0 Å². The predicted molar refractivity (Wildman–Crippen MR) is 70.4 cm³/mol. The van der Waals surface area contributed by atoms with Gasteiger partial charge >= 0.3 is 5.97 Å². The Morgan fingerprint density at radius 1 is 1.35 bits per heavy atom. The van der Waals surface area contributed by atoms with E-state index in [1.54, 1.807) is 30.5 Å². The lowest BCUT2D eigenvalue weighted by atomic mass is 10.2. The quantitative estimate of drug-likeness (QED) is 0.617. The lowest BCUT2D eigenvalue weighted by molar-refractivity contribution is -0.134. The van der Waals surface area contributed by atoms with Crippen molar-refractivity contribution in [1.29, 1.82) is 5.26 Å². The average Bonchev–Trinajstić information content (AvgIpc) is 2.99. The Balaban J connectivity index is 1.98. The summed E-state index contributed by atoms with van der Waals surface area (Å²) in [6.45, 7) is 0. The third-order valence-electron chi connectivity index (χ3n) is 2.67. The minimum Gasteiger partial charge on any atom is -0.493 e. The summed E-state index contributed by atoms with van der Waals surface area (Å²) in [5.41, 5.74) is 0.442. The Bertz CT molecular complexity index is 626. The minimum atomic E-state index is -0.385. The molecule has 0 saturated carbocycles. The zero-order valence-corrected chi connectivity index (χ0v) is 11.0. The highest BCUT2D eigenvalue weighted by molar-refractivity contribution is 5.73. The van der Waals surface area contributed by atoms with Crippen LogP contribution in [-0.4, -0.2) is 13.1 Å². The second kappa shape index (κ2) is 6.43. The molecule has 0 saturated heterocycles. The lowest BCUT2D eigenvalue weighted by Crippen LogP contribution is -2.09. The van der Waals surface area contributed by atoms with Crippen LogP contribution < -0.4 is 9.47 Å². The molecule has 102 valence electrons. The van der Waals surface area contributed by atoms with Gasteiger partial charge in [0.2, 0.25) is 0 Å². The summed E-state index contributed by atoms with van der Waals surface area (Å²) in [4.78, 5) is 11.7. The molecule has 0 fully saturated rings. The van der Waals surface area contributed by atoms with Crippen LogP contribution in [0.5, 0.6) is 11.5 Å². The molecule has 0 N–H and O–H groups in total. The fourth-order valence-corrected chi connectivity index (χ4v) is 1.68. The third kappa shape index (κ3) is 3.39. The molecule has 0 aliphatic heterocycles. The van der Waals surface area contributed by atoms with Crippen molar-refractivity contribution in [2.75, 3.05) is 7.11 Å². The van der Waals surface area contributed by atoms with Gasteiger partial charge in [-0.25, -0.2) is 0 Å². The Kier molecular flexibility index (Phi) is 4.40. The van der Waals surface area contributed by atoms with E-state index in [9.17, 15) is 4.79 Å². The monoisotopic (exact) mass is 271 g/mol. The number of hydrogen-bond donors (Lipinski definition) is 0. The summed E-state index contributed by atoms with van der Waals surface area (Å²) in [5.74, 6) is 1.00. The number of aryl methyl sites for hydroxylation is 1. The van der Waals surface area contributed by atoms with Crippen LogP contribution in [0.2, 0.25) is 0 Å². The number of benzene rings is 1. The van der Waals surface area contributed by atoms with E-state index in [1.807, 2.05) is 6.07 Å². The van der Waals surface area contributed by atoms with Gasteiger partial charge in [0.15, 0.2) is 11.5 Å². The number of ether oxygens (including phenoxy) is 2. The molecular weight excluding hydrogens is 258 g/mol. The van der Waals surface area contributed by atoms with Gasteiger partial charge in [-0.15, -0.1) is 0 Å². The molecule has 0 bridgehead atoms. The molecule has 0 aliphatic carbocycles. The van der Waals surface area contributed by atoms with E-state index in [0.717, 1.165) is 5.76 Å². The SMILES string of the molecule is COc1cc(C#N)ccc1OC(=O)CCc1ccco1. The van der Waals surface area contributed by atoms with Crippen molar-refractivity contribution in [2.45, 2.75) is 12.8 Å². The first kappa shape index (κ1) is 13.7. The molecular formula is C15H13NO4. The van der Waals surface area contributed by atoms with Crippen molar-refractivity contribution >= 4 is 5.97 Å². The Labute approximate surface area is 116 Å². The lowest BCUT2D eigenvalue weighted by Gasteiger charge is -2.08. The normalized spacial score (nSPS) is 9.80. The van der Waals surface area contributed by atoms with Gasteiger partial charge in [0, 0.05) is 12.5 Å². The molecule has 5 nitrogen and oxygen atoms in total. The standard InChI is InChI=1S/C15H13NO4/c1-18-14-9-11(10-16)4-6-13(14)20-15(17)7-5-12-3-2-8-19-12/h2-4,6,8-9H,5,7H2,1H3. The molecule has 0 amide bonds. The summed E-state index contributed by atoms with van der Waals surface area (Å²) in [6.07, 6.45) is 2.24. The number of hydrogen-bond acceptors (Lipinski definition) is 5. The van der Waals surface area contributed by atoms with Crippen LogP contribution in [-0.2, 0) is 11.2 Å². The summed E-state index contributed by atoms with van der Waals surface area (Å²) < 4.78 is 15.5. The molecule has 2 rings (SSSR count). The minimum absolute atomic E-state index is 0.205. The topological polar surface area (TPSA) is 72.5 Å². The summed E-state index contributed by atoms with van der Waals surface area (Å²) in [7, 11) is 1.46. The molecule has 0 unspecified atom stereocenters. The zero-order valence-electron chi connectivity index (χ0n) is 11.0. The fourth-order valence-electron chi connectivity index (χ4n) is 1.68. The second-order valence-electron chi connectivity index (χ2n) is 4.03. The number of rotatable bonds is 5. The maximum atomic E-state index is 11.7. The van der Waals surface area contributed by atoms with Crippen LogP contribution in [0.3, 0.4) is 0 Å². The number of carbonyl (C=O) groups is 1. The third-order valence-corrected chi connectivity index (χ3v) is 2.67. The van der Waals surface area contributed by atoms with Crippen LogP contribution in [0.25, 0.3) is 0 Å². The van der Waals surface area contributed by atoms with E-state index >= 15 is 0 Å². The van der Waals surface area contributed by atoms with Gasteiger partial charge in [-0.05, 0) is 24.3 Å². The Hall–Kier alpha value is -2.74. The number of nitrogens with zero attached hydrogens (tertiary/aromatic N) is 1. The van der Waals surface area contributed by atoms with Crippen molar-refractivity contribution in [3.8, 4) is 17.6 Å². The van der Waals surface area contributed by atoms with E-state index in [1.165, 1.54) is 13.2 Å².